The molecule has 1 saturated carbocycles. The minimum atomic E-state index is -0.196. The van der Waals surface area contributed by atoms with E-state index in [-0.39, 0.29) is 11.9 Å². The number of carbonyl (C=O) groups excluding carboxylic acids is 1. The average Bonchev–Trinajstić information content (AvgIpc) is 3.22. The maximum Gasteiger partial charge on any atom is 0.256 e. The second-order valence-corrected chi connectivity index (χ2v) is 8.76. The van der Waals surface area contributed by atoms with Gasteiger partial charge in [-0.05, 0) is 56.5 Å². The highest BCUT2D eigenvalue weighted by atomic mass is 16.1. The minimum absolute atomic E-state index is 0.196. The molecule has 160 valence electrons. The van der Waals surface area contributed by atoms with E-state index < -0.39 is 0 Å². The summed E-state index contributed by atoms with van der Waals surface area (Å²) in [5.74, 6) is 1.57. The van der Waals surface area contributed by atoms with Crippen molar-refractivity contribution in [3.8, 4) is 17.2 Å². The maximum absolute atomic E-state index is 13.0. The molecule has 0 saturated heterocycles. The van der Waals surface area contributed by atoms with Crippen LogP contribution in [-0.2, 0) is 6.42 Å². The summed E-state index contributed by atoms with van der Waals surface area (Å²) in [5.41, 5.74) is 6.02. The predicted molar refractivity (Wildman–Crippen MR) is 120 cm³/mol. The molecule has 1 fully saturated rings. The van der Waals surface area contributed by atoms with E-state index in [0.717, 1.165) is 12.1 Å². The molecule has 0 radical (unpaired) electrons. The Morgan fingerprint density at radius 3 is 2.84 bits per heavy atom. The lowest BCUT2D eigenvalue weighted by molar-refractivity contribution is 0.102. The van der Waals surface area contributed by atoms with Gasteiger partial charge in [0.2, 0.25) is 0 Å². The molecule has 4 heterocycles. The molecule has 1 amide bonds. The van der Waals surface area contributed by atoms with Crippen molar-refractivity contribution in [2.24, 2.45) is 0 Å². The molecule has 8 heteroatoms. The van der Waals surface area contributed by atoms with Gasteiger partial charge in [-0.2, -0.15) is 0 Å². The van der Waals surface area contributed by atoms with Crippen LogP contribution in [0.3, 0.4) is 0 Å². The van der Waals surface area contributed by atoms with E-state index in [9.17, 15) is 4.79 Å². The summed E-state index contributed by atoms with van der Waals surface area (Å²) >= 11 is 0. The van der Waals surface area contributed by atoms with Crippen LogP contribution < -0.4 is 5.32 Å². The number of pyridine rings is 1. The van der Waals surface area contributed by atoms with Crippen LogP contribution in [0.25, 0.3) is 17.2 Å². The standard InChI is InChI=1S/C24H23N7O/c1-14(2)30-13-26-29-23(30)18-4-3-5-21(27-18)28-24(32)17-9-8-16-10-20-22(15-6-7-15)25-12-31(20)19(16)11-17/h3-5,8-9,11-15H,6-7,10H2,1-2H3,(H,27,28,32). The summed E-state index contributed by atoms with van der Waals surface area (Å²) in [6.45, 7) is 4.12. The van der Waals surface area contributed by atoms with Crippen molar-refractivity contribution in [2.45, 2.75) is 45.1 Å². The number of aromatic nitrogens is 6. The fourth-order valence-electron chi connectivity index (χ4n) is 4.35. The highest BCUT2D eigenvalue weighted by molar-refractivity contribution is 6.04. The van der Waals surface area contributed by atoms with Crippen molar-refractivity contribution in [3.05, 3.63) is 71.6 Å². The topological polar surface area (TPSA) is 90.5 Å². The van der Waals surface area contributed by atoms with Crippen LogP contribution >= 0.6 is 0 Å². The third-order valence-corrected chi connectivity index (χ3v) is 6.18. The first kappa shape index (κ1) is 18.9. The molecule has 1 aliphatic heterocycles. The van der Waals surface area contributed by atoms with E-state index in [1.54, 1.807) is 12.4 Å². The SMILES string of the molecule is CC(C)n1cnnc1-c1cccc(NC(=O)c2ccc3c(c2)-n2cnc(C4CC4)c2C3)n1. The maximum atomic E-state index is 13.0. The van der Waals surface area contributed by atoms with Crippen LogP contribution in [0.2, 0.25) is 0 Å². The van der Waals surface area contributed by atoms with Gasteiger partial charge in [-0.3, -0.25) is 4.79 Å². The average molecular weight is 425 g/mol. The third kappa shape index (κ3) is 3.10. The van der Waals surface area contributed by atoms with Gasteiger partial charge in [0, 0.05) is 23.9 Å². The number of fused-ring (bicyclic) bond motifs is 3. The lowest BCUT2D eigenvalue weighted by Crippen LogP contribution is -2.14. The normalized spacial score (nSPS) is 14.5. The van der Waals surface area contributed by atoms with Crippen molar-refractivity contribution in [1.82, 2.24) is 29.3 Å². The first-order valence-corrected chi connectivity index (χ1v) is 11.0. The lowest BCUT2D eigenvalue weighted by atomic mass is 10.1. The number of hydrogen-bond acceptors (Lipinski definition) is 5. The van der Waals surface area contributed by atoms with Crippen LogP contribution in [-0.4, -0.2) is 35.2 Å². The summed E-state index contributed by atoms with van der Waals surface area (Å²) in [4.78, 5) is 22.2. The van der Waals surface area contributed by atoms with Crippen molar-refractivity contribution >= 4 is 11.7 Å². The number of anilines is 1. The summed E-state index contributed by atoms with van der Waals surface area (Å²) in [5, 5.41) is 11.1. The van der Waals surface area contributed by atoms with Gasteiger partial charge in [0.1, 0.15) is 17.8 Å². The molecule has 2 aliphatic rings. The number of imidazole rings is 1. The van der Waals surface area contributed by atoms with Crippen LogP contribution in [0.1, 0.15) is 66.0 Å². The monoisotopic (exact) mass is 425 g/mol. The molecule has 1 aliphatic carbocycles. The molecule has 3 aromatic heterocycles. The third-order valence-electron chi connectivity index (χ3n) is 6.18. The molecule has 1 N–H and O–H groups in total. The van der Waals surface area contributed by atoms with Crippen LogP contribution in [0.5, 0.6) is 0 Å². The molecule has 8 nitrogen and oxygen atoms in total. The van der Waals surface area contributed by atoms with Crippen molar-refractivity contribution in [3.63, 3.8) is 0 Å². The van der Waals surface area contributed by atoms with E-state index in [1.165, 1.54) is 29.8 Å². The van der Waals surface area contributed by atoms with E-state index in [4.69, 9.17) is 0 Å². The molecule has 1 aromatic carbocycles. The number of carbonyl (C=O) groups is 1. The predicted octanol–water partition coefficient (Wildman–Crippen LogP) is 4.14. The Bertz CT molecular complexity index is 1350. The van der Waals surface area contributed by atoms with Crippen molar-refractivity contribution < 1.29 is 4.79 Å². The van der Waals surface area contributed by atoms with Crippen LogP contribution in [0.15, 0.2) is 49.1 Å². The molecule has 0 spiro atoms. The summed E-state index contributed by atoms with van der Waals surface area (Å²) in [6, 6.07) is 11.6. The quantitative estimate of drug-likeness (QED) is 0.457. The number of amides is 1. The van der Waals surface area contributed by atoms with Gasteiger partial charge in [-0.25, -0.2) is 9.97 Å². The zero-order chi connectivity index (χ0) is 21.8. The fraction of sp³-hybridized carbons (Fsp3) is 0.292. The Labute approximate surface area is 185 Å². The van der Waals surface area contributed by atoms with Crippen LogP contribution in [0.4, 0.5) is 5.82 Å². The zero-order valence-electron chi connectivity index (χ0n) is 18.0. The van der Waals surface area contributed by atoms with Gasteiger partial charge in [0.05, 0.1) is 23.4 Å². The molecule has 6 rings (SSSR count). The molecule has 0 unspecified atom stereocenters. The van der Waals surface area contributed by atoms with Crippen LogP contribution in [0, 0.1) is 0 Å². The first-order chi connectivity index (χ1) is 15.6. The van der Waals surface area contributed by atoms with Crippen molar-refractivity contribution in [1.29, 1.82) is 0 Å². The molecule has 0 bridgehead atoms. The number of rotatable bonds is 5. The summed E-state index contributed by atoms with van der Waals surface area (Å²) in [6.07, 6.45) is 6.92. The van der Waals surface area contributed by atoms with E-state index in [0.29, 0.717) is 28.8 Å². The number of nitrogens with zero attached hydrogens (tertiary/aromatic N) is 6. The Morgan fingerprint density at radius 2 is 2.03 bits per heavy atom. The Hall–Kier alpha value is -3.81. The van der Waals surface area contributed by atoms with Gasteiger partial charge >= 0.3 is 0 Å². The van der Waals surface area contributed by atoms with Gasteiger partial charge in [0.25, 0.3) is 5.91 Å². The second kappa shape index (κ2) is 7.12. The van der Waals surface area contributed by atoms with Crippen molar-refractivity contribution in [2.75, 3.05) is 5.32 Å². The van der Waals surface area contributed by atoms with Gasteiger partial charge in [-0.15, -0.1) is 10.2 Å². The number of benzene rings is 1. The first-order valence-electron chi connectivity index (χ1n) is 11.0. The Balaban J connectivity index is 1.26. The molecule has 32 heavy (non-hydrogen) atoms. The molecular weight excluding hydrogens is 402 g/mol. The Kier molecular flexibility index (Phi) is 4.21. The molecule has 0 atom stereocenters. The zero-order valence-corrected chi connectivity index (χ0v) is 18.0. The highest BCUT2D eigenvalue weighted by Crippen LogP contribution is 2.43. The lowest BCUT2D eigenvalue weighted by Gasteiger charge is -2.11. The number of nitrogens with one attached hydrogen (secondary N) is 1. The second-order valence-electron chi connectivity index (χ2n) is 8.76. The number of hydrogen-bond donors (Lipinski definition) is 1. The van der Waals surface area contributed by atoms with E-state index >= 15 is 0 Å². The fourth-order valence-corrected chi connectivity index (χ4v) is 4.35. The van der Waals surface area contributed by atoms with E-state index in [2.05, 4.69) is 43.9 Å². The minimum Gasteiger partial charge on any atom is -0.310 e. The smallest absolute Gasteiger partial charge is 0.256 e. The summed E-state index contributed by atoms with van der Waals surface area (Å²) < 4.78 is 4.09. The van der Waals surface area contributed by atoms with Gasteiger partial charge in [0.15, 0.2) is 5.82 Å². The highest BCUT2D eigenvalue weighted by Gasteiger charge is 2.32. The molecule has 4 aromatic rings. The summed E-state index contributed by atoms with van der Waals surface area (Å²) in [7, 11) is 0. The largest absolute Gasteiger partial charge is 0.310 e. The van der Waals surface area contributed by atoms with Gasteiger partial charge in [-0.1, -0.05) is 12.1 Å². The molecular formula is C24H23N7O. The van der Waals surface area contributed by atoms with Gasteiger partial charge < -0.3 is 14.5 Å². The van der Waals surface area contributed by atoms with E-state index in [1.807, 2.05) is 41.2 Å². The Morgan fingerprint density at radius 1 is 1.16 bits per heavy atom.